The first-order chi connectivity index (χ1) is 9.91. The molecule has 1 atom stereocenters. The van der Waals surface area contributed by atoms with Crippen LogP contribution in [-0.4, -0.2) is 32.4 Å². The highest BCUT2D eigenvalue weighted by Crippen LogP contribution is 2.33. The Labute approximate surface area is 128 Å². The molecule has 0 aromatic heterocycles. The zero-order valence-corrected chi connectivity index (χ0v) is 14.2. The molecule has 1 saturated heterocycles. The van der Waals surface area contributed by atoms with Crippen LogP contribution in [0.15, 0.2) is 17.0 Å². The van der Waals surface area contributed by atoms with Gasteiger partial charge in [0.2, 0.25) is 10.0 Å². The summed E-state index contributed by atoms with van der Waals surface area (Å²) < 4.78 is 33.1. The van der Waals surface area contributed by atoms with Crippen molar-refractivity contribution in [3.05, 3.63) is 23.3 Å². The molecule has 118 valence electrons. The molecule has 21 heavy (non-hydrogen) atoms. The molecule has 0 N–H and O–H groups in total. The first-order valence-corrected chi connectivity index (χ1v) is 9.03. The van der Waals surface area contributed by atoms with Gasteiger partial charge in [-0.1, -0.05) is 13.3 Å². The number of nitrogens with zero attached hydrogens (tertiary/aromatic N) is 1. The van der Waals surface area contributed by atoms with Gasteiger partial charge in [0.25, 0.3) is 0 Å². The molecule has 1 aliphatic heterocycles. The van der Waals surface area contributed by atoms with Gasteiger partial charge in [-0.3, -0.25) is 0 Å². The number of methoxy groups -OCH3 is 1. The summed E-state index contributed by atoms with van der Waals surface area (Å²) in [6.45, 7) is 6.55. The van der Waals surface area contributed by atoms with Gasteiger partial charge >= 0.3 is 0 Å². The zero-order chi connectivity index (χ0) is 15.6. The third-order valence-electron chi connectivity index (χ3n) is 4.41. The SMILES string of the molecule is CCC1CCCCN1S(=O)(=O)c1cc(C)c(C)cc1OC. The lowest BCUT2D eigenvalue weighted by atomic mass is 10.0. The average molecular weight is 311 g/mol. The molecule has 1 aliphatic rings. The highest BCUT2D eigenvalue weighted by molar-refractivity contribution is 7.89. The Morgan fingerprint density at radius 3 is 2.52 bits per heavy atom. The minimum absolute atomic E-state index is 0.107. The summed E-state index contributed by atoms with van der Waals surface area (Å²) in [6, 6.07) is 3.66. The maximum atomic E-state index is 13.0. The summed E-state index contributed by atoms with van der Waals surface area (Å²) in [6.07, 6.45) is 3.84. The van der Waals surface area contributed by atoms with Crippen molar-refractivity contribution >= 4 is 10.0 Å². The standard InChI is InChI=1S/C16H25NO3S/c1-5-14-8-6-7-9-17(14)21(18,19)16-11-13(3)12(2)10-15(16)20-4/h10-11,14H,5-9H2,1-4H3. The Kier molecular flexibility index (Phi) is 4.94. The molecule has 0 aliphatic carbocycles. The quantitative estimate of drug-likeness (QED) is 0.857. The van der Waals surface area contributed by atoms with Crippen LogP contribution in [0.1, 0.15) is 43.7 Å². The van der Waals surface area contributed by atoms with Gasteiger partial charge in [0.15, 0.2) is 0 Å². The van der Waals surface area contributed by atoms with Gasteiger partial charge in [0.05, 0.1) is 7.11 Å². The maximum absolute atomic E-state index is 13.0. The monoisotopic (exact) mass is 311 g/mol. The van der Waals surface area contributed by atoms with Gasteiger partial charge in [0, 0.05) is 12.6 Å². The molecule has 1 heterocycles. The van der Waals surface area contributed by atoms with Crippen LogP contribution in [0.3, 0.4) is 0 Å². The van der Waals surface area contributed by atoms with Crippen LogP contribution >= 0.6 is 0 Å². The number of aryl methyl sites for hydroxylation is 2. The van der Waals surface area contributed by atoms with E-state index in [1.807, 2.05) is 19.9 Å². The summed E-state index contributed by atoms with van der Waals surface area (Å²) in [5.41, 5.74) is 2.01. The Balaban J connectivity index is 2.50. The molecular weight excluding hydrogens is 286 g/mol. The highest BCUT2D eigenvalue weighted by Gasteiger charge is 2.34. The topological polar surface area (TPSA) is 46.6 Å². The third kappa shape index (κ3) is 3.09. The minimum Gasteiger partial charge on any atom is -0.495 e. The number of hydrogen-bond acceptors (Lipinski definition) is 3. The predicted molar refractivity (Wildman–Crippen MR) is 84.3 cm³/mol. The van der Waals surface area contributed by atoms with Gasteiger partial charge in [-0.05, 0) is 56.4 Å². The first-order valence-electron chi connectivity index (χ1n) is 7.59. The van der Waals surface area contributed by atoms with Crippen molar-refractivity contribution in [1.29, 1.82) is 0 Å². The van der Waals surface area contributed by atoms with Crippen LogP contribution in [0.5, 0.6) is 5.75 Å². The van der Waals surface area contributed by atoms with Gasteiger partial charge in [-0.2, -0.15) is 4.31 Å². The summed E-state index contributed by atoms with van der Waals surface area (Å²) in [5.74, 6) is 0.443. The smallest absolute Gasteiger partial charge is 0.247 e. The molecular formula is C16H25NO3S. The van der Waals surface area contributed by atoms with Crippen molar-refractivity contribution < 1.29 is 13.2 Å². The minimum atomic E-state index is -3.50. The number of sulfonamides is 1. The molecule has 0 saturated carbocycles. The van der Waals surface area contributed by atoms with E-state index in [0.717, 1.165) is 36.8 Å². The van der Waals surface area contributed by atoms with Gasteiger partial charge < -0.3 is 4.74 Å². The molecule has 2 rings (SSSR count). The highest BCUT2D eigenvalue weighted by atomic mass is 32.2. The van der Waals surface area contributed by atoms with Crippen molar-refractivity contribution in [2.75, 3.05) is 13.7 Å². The lowest BCUT2D eigenvalue weighted by Crippen LogP contribution is -2.43. The third-order valence-corrected chi connectivity index (χ3v) is 6.38. The fraction of sp³-hybridized carbons (Fsp3) is 0.625. The van der Waals surface area contributed by atoms with Crippen LogP contribution in [0, 0.1) is 13.8 Å². The lowest BCUT2D eigenvalue weighted by Gasteiger charge is -2.34. The van der Waals surface area contributed by atoms with Crippen LogP contribution in [-0.2, 0) is 10.0 Å². The number of ether oxygens (including phenoxy) is 1. The fourth-order valence-corrected chi connectivity index (χ4v) is 4.94. The van der Waals surface area contributed by atoms with E-state index >= 15 is 0 Å². The maximum Gasteiger partial charge on any atom is 0.247 e. The van der Waals surface area contributed by atoms with E-state index in [1.54, 1.807) is 10.4 Å². The normalized spacial score (nSPS) is 20.5. The average Bonchev–Trinajstić information content (AvgIpc) is 2.49. The largest absolute Gasteiger partial charge is 0.495 e. The number of rotatable bonds is 4. The van der Waals surface area contributed by atoms with Crippen molar-refractivity contribution in [1.82, 2.24) is 4.31 Å². The van der Waals surface area contributed by atoms with Gasteiger partial charge in [-0.25, -0.2) is 8.42 Å². The fourth-order valence-electron chi connectivity index (χ4n) is 2.95. The van der Waals surface area contributed by atoms with E-state index in [0.29, 0.717) is 17.2 Å². The molecule has 1 aromatic rings. The van der Waals surface area contributed by atoms with Crippen molar-refractivity contribution in [2.24, 2.45) is 0 Å². The summed E-state index contributed by atoms with van der Waals surface area (Å²) in [4.78, 5) is 0.299. The van der Waals surface area contributed by atoms with Crippen LogP contribution in [0.2, 0.25) is 0 Å². The van der Waals surface area contributed by atoms with E-state index in [9.17, 15) is 8.42 Å². The first kappa shape index (κ1) is 16.3. The molecule has 0 spiro atoms. The Hall–Kier alpha value is -1.07. The number of benzene rings is 1. The van der Waals surface area contributed by atoms with Crippen LogP contribution in [0.25, 0.3) is 0 Å². The van der Waals surface area contributed by atoms with E-state index < -0.39 is 10.0 Å². The molecule has 1 unspecified atom stereocenters. The molecule has 0 bridgehead atoms. The number of piperidine rings is 1. The predicted octanol–water partition coefficient (Wildman–Crippen LogP) is 3.27. The van der Waals surface area contributed by atoms with E-state index in [2.05, 4.69) is 6.92 Å². The van der Waals surface area contributed by atoms with E-state index in [1.165, 1.54) is 7.11 Å². The molecule has 1 aromatic carbocycles. The van der Waals surface area contributed by atoms with Gasteiger partial charge in [0.1, 0.15) is 10.6 Å². The Bertz CT molecular complexity index is 610. The molecule has 4 nitrogen and oxygen atoms in total. The van der Waals surface area contributed by atoms with E-state index in [4.69, 9.17) is 4.74 Å². The van der Waals surface area contributed by atoms with Gasteiger partial charge in [-0.15, -0.1) is 0 Å². The summed E-state index contributed by atoms with van der Waals surface area (Å²) >= 11 is 0. The second-order valence-corrected chi connectivity index (χ2v) is 7.62. The Morgan fingerprint density at radius 1 is 1.24 bits per heavy atom. The van der Waals surface area contributed by atoms with E-state index in [-0.39, 0.29) is 6.04 Å². The zero-order valence-electron chi connectivity index (χ0n) is 13.3. The lowest BCUT2D eigenvalue weighted by molar-refractivity contribution is 0.246. The van der Waals surface area contributed by atoms with Crippen LogP contribution < -0.4 is 4.74 Å². The van der Waals surface area contributed by atoms with Crippen molar-refractivity contribution in [3.63, 3.8) is 0 Å². The van der Waals surface area contributed by atoms with Crippen LogP contribution in [0.4, 0.5) is 0 Å². The van der Waals surface area contributed by atoms with Crippen molar-refractivity contribution in [2.45, 2.75) is 57.4 Å². The molecule has 5 heteroatoms. The summed E-state index contributed by atoms with van der Waals surface area (Å²) in [7, 11) is -1.97. The second kappa shape index (κ2) is 6.36. The molecule has 0 radical (unpaired) electrons. The molecule has 1 fully saturated rings. The second-order valence-electron chi connectivity index (χ2n) is 5.76. The Morgan fingerprint density at radius 2 is 1.90 bits per heavy atom. The summed E-state index contributed by atoms with van der Waals surface area (Å²) in [5, 5.41) is 0. The molecule has 0 amide bonds. The van der Waals surface area contributed by atoms with Crippen molar-refractivity contribution in [3.8, 4) is 5.75 Å². The number of hydrogen-bond donors (Lipinski definition) is 0.